The molecule has 1 aromatic carbocycles. The maximum Gasteiger partial charge on any atom is 0.265 e. The van der Waals surface area contributed by atoms with Crippen LogP contribution in [0.15, 0.2) is 18.2 Å². The first kappa shape index (κ1) is 18.3. The Hall–Kier alpha value is -2.54. The normalized spacial score (nSPS) is 15.8. The van der Waals surface area contributed by atoms with E-state index in [1.807, 2.05) is 0 Å². The monoisotopic (exact) mass is 376 g/mol. The number of hydrogen-bond donors (Lipinski definition) is 2. The number of unbranched alkanes of at least 4 members (excludes halogenated alkanes) is 1. The summed E-state index contributed by atoms with van der Waals surface area (Å²) < 4.78 is 7.16. The molecule has 0 radical (unpaired) electrons. The molecule has 0 unspecified atom stereocenters. The van der Waals surface area contributed by atoms with E-state index in [2.05, 4.69) is 22.7 Å². The van der Waals surface area contributed by atoms with Crippen molar-refractivity contribution < 1.29 is 14.3 Å². The van der Waals surface area contributed by atoms with Gasteiger partial charge >= 0.3 is 0 Å². The summed E-state index contributed by atoms with van der Waals surface area (Å²) in [5.74, 6) is 0.000356. The summed E-state index contributed by atoms with van der Waals surface area (Å²) in [5.41, 5.74) is 1.98. The van der Waals surface area contributed by atoms with Crippen molar-refractivity contribution in [2.75, 3.05) is 10.6 Å². The van der Waals surface area contributed by atoms with Gasteiger partial charge in [0.1, 0.15) is 10.9 Å². The molecule has 0 aliphatic carbocycles. The van der Waals surface area contributed by atoms with E-state index in [4.69, 9.17) is 16.3 Å². The molecule has 0 bridgehead atoms. The summed E-state index contributed by atoms with van der Waals surface area (Å²) in [6, 6.07) is 5.08. The van der Waals surface area contributed by atoms with Gasteiger partial charge in [-0.25, -0.2) is 0 Å². The smallest absolute Gasteiger partial charge is 0.265 e. The lowest BCUT2D eigenvalue weighted by Crippen LogP contribution is -2.34. The zero-order valence-electron chi connectivity index (χ0n) is 14.9. The Balaban J connectivity index is 1.80. The van der Waals surface area contributed by atoms with Crippen molar-refractivity contribution in [3.8, 4) is 5.75 Å². The molecule has 1 atom stereocenters. The number of hydrogen-bond acceptors (Lipinski definition) is 4. The van der Waals surface area contributed by atoms with Crippen molar-refractivity contribution >= 4 is 34.8 Å². The molecule has 138 valence electrons. The summed E-state index contributed by atoms with van der Waals surface area (Å²) in [6.07, 6.45) is 1.40. The standard InChI is InChI=1S/C18H21ClN4O3/c1-4-5-8-23-16(19)15(10(2)22-23)18(25)20-12-6-7-14-13(9-12)21-17(24)11(3)26-14/h6-7,9,11H,4-5,8H2,1-3H3,(H,20,25)(H,21,24)/t11-/m1/s1. The first-order valence-corrected chi connectivity index (χ1v) is 8.94. The Bertz CT molecular complexity index is 862. The number of rotatable bonds is 5. The number of amides is 2. The van der Waals surface area contributed by atoms with Gasteiger partial charge in [0.2, 0.25) is 0 Å². The molecule has 0 saturated heterocycles. The number of nitrogens with one attached hydrogen (secondary N) is 2. The average molecular weight is 377 g/mol. The quantitative estimate of drug-likeness (QED) is 0.834. The molecule has 2 N–H and O–H groups in total. The maximum absolute atomic E-state index is 12.7. The van der Waals surface area contributed by atoms with Gasteiger partial charge in [0.25, 0.3) is 11.8 Å². The fourth-order valence-electron chi connectivity index (χ4n) is 2.75. The Morgan fingerprint density at radius 2 is 2.23 bits per heavy atom. The molecule has 0 saturated carbocycles. The van der Waals surface area contributed by atoms with Crippen molar-refractivity contribution in [3.63, 3.8) is 0 Å². The van der Waals surface area contributed by atoms with Crippen molar-refractivity contribution in [1.29, 1.82) is 0 Å². The number of fused-ring (bicyclic) bond motifs is 1. The number of aryl methyl sites for hydroxylation is 2. The fraction of sp³-hybridized carbons (Fsp3) is 0.389. The van der Waals surface area contributed by atoms with Gasteiger partial charge < -0.3 is 15.4 Å². The number of halogens is 1. The topological polar surface area (TPSA) is 85.3 Å². The van der Waals surface area contributed by atoms with Crippen LogP contribution in [0.3, 0.4) is 0 Å². The molecule has 1 aromatic heterocycles. The number of nitrogens with zero attached hydrogens (tertiary/aromatic N) is 2. The lowest BCUT2D eigenvalue weighted by molar-refractivity contribution is -0.122. The largest absolute Gasteiger partial charge is 0.479 e. The van der Waals surface area contributed by atoms with Gasteiger partial charge in [0, 0.05) is 12.2 Å². The van der Waals surface area contributed by atoms with Crippen molar-refractivity contribution in [2.45, 2.75) is 46.3 Å². The molecule has 26 heavy (non-hydrogen) atoms. The van der Waals surface area contributed by atoms with E-state index in [1.54, 1.807) is 36.7 Å². The lowest BCUT2D eigenvalue weighted by atomic mass is 10.2. The fourth-order valence-corrected chi connectivity index (χ4v) is 3.09. The second-order valence-electron chi connectivity index (χ2n) is 6.24. The summed E-state index contributed by atoms with van der Waals surface area (Å²) in [6.45, 7) is 6.18. The Morgan fingerprint density at radius 3 is 2.96 bits per heavy atom. The second kappa shape index (κ2) is 7.37. The molecule has 2 aromatic rings. The zero-order valence-corrected chi connectivity index (χ0v) is 15.7. The first-order chi connectivity index (χ1) is 12.4. The third kappa shape index (κ3) is 3.53. The number of aromatic nitrogens is 2. The molecule has 2 heterocycles. The van der Waals surface area contributed by atoms with E-state index in [0.29, 0.717) is 40.1 Å². The van der Waals surface area contributed by atoms with E-state index < -0.39 is 6.10 Å². The van der Waals surface area contributed by atoms with E-state index in [-0.39, 0.29) is 11.8 Å². The molecule has 1 aliphatic rings. The van der Waals surface area contributed by atoms with Gasteiger partial charge in [-0.2, -0.15) is 5.10 Å². The van der Waals surface area contributed by atoms with Crippen LogP contribution in [0.4, 0.5) is 11.4 Å². The highest BCUT2D eigenvalue weighted by Crippen LogP contribution is 2.32. The van der Waals surface area contributed by atoms with Gasteiger partial charge in [0.15, 0.2) is 6.10 Å². The molecule has 8 heteroatoms. The van der Waals surface area contributed by atoms with Crippen LogP contribution in [0.25, 0.3) is 0 Å². The Morgan fingerprint density at radius 1 is 1.46 bits per heavy atom. The zero-order chi connectivity index (χ0) is 18.8. The van der Waals surface area contributed by atoms with Crippen LogP contribution in [-0.2, 0) is 11.3 Å². The molecular weight excluding hydrogens is 356 g/mol. The minimum Gasteiger partial charge on any atom is -0.479 e. The highest BCUT2D eigenvalue weighted by molar-refractivity contribution is 6.33. The predicted molar refractivity (Wildman–Crippen MR) is 100.0 cm³/mol. The van der Waals surface area contributed by atoms with Crippen molar-refractivity contribution in [3.05, 3.63) is 34.6 Å². The van der Waals surface area contributed by atoms with E-state index >= 15 is 0 Å². The van der Waals surface area contributed by atoms with Crippen LogP contribution >= 0.6 is 11.6 Å². The highest BCUT2D eigenvalue weighted by atomic mass is 35.5. The van der Waals surface area contributed by atoms with Crippen molar-refractivity contribution in [1.82, 2.24) is 9.78 Å². The second-order valence-corrected chi connectivity index (χ2v) is 6.60. The Kier molecular flexibility index (Phi) is 5.18. The van der Waals surface area contributed by atoms with E-state index in [1.165, 1.54) is 0 Å². The molecule has 3 rings (SSSR count). The van der Waals surface area contributed by atoms with Crippen LogP contribution < -0.4 is 15.4 Å². The third-order valence-electron chi connectivity index (χ3n) is 4.18. The summed E-state index contributed by atoms with van der Waals surface area (Å²) >= 11 is 6.34. The molecule has 1 aliphatic heterocycles. The summed E-state index contributed by atoms with van der Waals surface area (Å²) in [5, 5.41) is 10.2. The number of benzene rings is 1. The molecule has 2 amide bonds. The lowest BCUT2D eigenvalue weighted by Gasteiger charge is -2.23. The van der Waals surface area contributed by atoms with Crippen molar-refractivity contribution in [2.24, 2.45) is 0 Å². The molecule has 0 fully saturated rings. The highest BCUT2D eigenvalue weighted by Gasteiger charge is 2.24. The summed E-state index contributed by atoms with van der Waals surface area (Å²) in [7, 11) is 0. The molecule has 0 spiro atoms. The number of ether oxygens (including phenoxy) is 1. The summed E-state index contributed by atoms with van der Waals surface area (Å²) in [4.78, 5) is 24.4. The molecule has 7 nitrogen and oxygen atoms in total. The predicted octanol–water partition coefficient (Wildman–Crippen LogP) is 3.62. The average Bonchev–Trinajstić information content (AvgIpc) is 2.88. The first-order valence-electron chi connectivity index (χ1n) is 8.56. The number of anilines is 2. The van der Waals surface area contributed by atoms with E-state index in [9.17, 15) is 9.59 Å². The van der Waals surface area contributed by atoms with Crippen LogP contribution in [0.5, 0.6) is 5.75 Å². The van der Waals surface area contributed by atoms with Gasteiger partial charge in [-0.15, -0.1) is 0 Å². The van der Waals surface area contributed by atoms with E-state index in [0.717, 1.165) is 12.8 Å². The number of carbonyl (C=O) groups is 2. The maximum atomic E-state index is 12.7. The minimum absolute atomic E-state index is 0.225. The van der Waals surface area contributed by atoms with Crippen LogP contribution in [-0.4, -0.2) is 27.7 Å². The molecular formula is C18H21ClN4O3. The Labute approximate surface area is 156 Å². The van der Waals surface area contributed by atoms with Gasteiger partial charge in [0.05, 0.1) is 16.9 Å². The third-order valence-corrected chi connectivity index (χ3v) is 4.57. The van der Waals surface area contributed by atoms with Crippen LogP contribution in [0.1, 0.15) is 42.7 Å². The number of carbonyl (C=O) groups excluding carboxylic acids is 2. The van der Waals surface area contributed by atoms with Crippen LogP contribution in [0.2, 0.25) is 5.15 Å². The SMILES string of the molecule is CCCCn1nc(C)c(C(=O)Nc2ccc3c(c2)NC(=O)[C@@H](C)O3)c1Cl. The van der Waals surface area contributed by atoms with Crippen LogP contribution in [0, 0.1) is 6.92 Å². The van der Waals surface area contributed by atoms with Gasteiger partial charge in [-0.3, -0.25) is 14.3 Å². The van der Waals surface area contributed by atoms with Gasteiger partial charge in [-0.05, 0) is 38.5 Å². The van der Waals surface area contributed by atoms with Gasteiger partial charge in [-0.1, -0.05) is 24.9 Å². The minimum atomic E-state index is -0.543.